The molecule has 42 heavy (non-hydrogen) atoms. The van der Waals surface area contributed by atoms with Gasteiger partial charge in [0.05, 0.1) is 43.6 Å². The van der Waals surface area contributed by atoms with Gasteiger partial charge in [-0.3, -0.25) is 9.58 Å². The highest BCUT2D eigenvalue weighted by atomic mass is 19.4. The lowest BCUT2D eigenvalue weighted by molar-refractivity contribution is -0.137. The molecule has 1 saturated heterocycles. The zero-order valence-corrected chi connectivity index (χ0v) is 23.8. The number of hydrogen-bond acceptors (Lipinski definition) is 7. The summed E-state index contributed by atoms with van der Waals surface area (Å²) in [4.78, 5) is 2.39. The molecule has 0 spiro atoms. The molecule has 11 heteroatoms. The minimum absolute atomic E-state index is 0.0126. The zero-order valence-electron chi connectivity index (χ0n) is 23.8. The van der Waals surface area contributed by atoms with E-state index >= 15 is 0 Å². The highest BCUT2D eigenvalue weighted by Gasteiger charge is 2.34. The van der Waals surface area contributed by atoms with Crippen LogP contribution in [0.5, 0.6) is 23.0 Å². The molecule has 222 valence electrons. The molecule has 4 aromatic rings. The second-order valence-corrected chi connectivity index (χ2v) is 10.4. The summed E-state index contributed by atoms with van der Waals surface area (Å²) in [6, 6.07) is 12.9. The molecule has 1 aromatic heterocycles. The molecule has 2 aliphatic rings. The van der Waals surface area contributed by atoms with E-state index in [1.807, 2.05) is 28.9 Å². The second-order valence-electron chi connectivity index (χ2n) is 10.4. The van der Waals surface area contributed by atoms with E-state index in [0.29, 0.717) is 40.7 Å². The van der Waals surface area contributed by atoms with Crippen molar-refractivity contribution in [2.75, 3.05) is 47.2 Å². The van der Waals surface area contributed by atoms with E-state index in [1.54, 1.807) is 20.3 Å². The normalized spacial score (nSPS) is 16.1. The number of rotatable bonds is 8. The van der Waals surface area contributed by atoms with Gasteiger partial charge in [-0.2, -0.15) is 18.3 Å². The van der Waals surface area contributed by atoms with Gasteiger partial charge in [-0.15, -0.1) is 0 Å². The minimum Gasteiger partial charge on any atom is -0.493 e. The Kier molecular flexibility index (Phi) is 7.63. The van der Waals surface area contributed by atoms with Crippen LogP contribution in [0.1, 0.15) is 36.2 Å². The molecule has 6 rings (SSSR count). The first-order chi connectivity index (χ1) is 20.3. The Morgan fingerprint density at radius 1 is 1.00 bits per heavy atom. The minimum atomic E-state index is -4.49. The maximum Gasteiger partial charge on any atom is 0.416 e. The number of alkyl halides is 3. The van der Waals surface area contributed by atoms with E-state index in [2.05, 4.69) is 17.1 Å². The number of benzene rings is 3. The van der Waals surface area contributed by atoms with Crippen molar-refractivity contribution in [2.24, 2.45) is 0 Å². The van der Waals surface area contributed by atoms with Gasteiger partial charge >= 0.3 is 6.18 Å². The summed E-state index contributed by atoms with van der Waals surface area (Å²) in [6.45, 7) is 5.89. The van der Waals surface area contributed by atoms with Gasteiger partial charge in [-0.25, -0.2) is 0 Å². The zero-order chi connectivity index (χ0) is 29.4. The summed E-state index contributed by atoms with van der Waals surface area (Å²) in [5.41, 5.74) is 2.73. The van der Waals surface area contributed by atoms with Crippen LogP contribution in [0, 0.1) is 0 Å². The predicted octanol–water partition coefficient (Wildman–Crippen LogP) is 5.87. The third-order valence-electron chi connectivity index (χ3n) is 7.96. The van der Waals surface area contributed by atoms with E-state index < -0.39 is 11.7 Å². The van der Waals surface area contributed by atoms with Crippen LogP contribution in [0.4, 0.5) is 13.2 Å². The molecular formula is C31H33F3N4O4. The molecule has 0 bridgehead atoms. The van der Waals surface area contributed by atoms with Crippen LogP contribution in [-0.2, 0) is 12.7 Å². The van der Waals surface area contributed by atoms with Crippen LogP contribution in [0.15, 0.2) is 48.5 Å². The van der Waals surface area contributed by atoms with Gasteiger partial charge in [0.25, 0.3) is 0 Å². The molecule has 1 atom stereocenters. The van der Waals surface area contributed by atoms with Crippen LogP contribution in [-0.4, -0.2) is 61.9 Å². The number of nitrogens with zero attached hydrogens (tertiary/aromatic N) is 3. The maximum absolute atomic E-state index is 13.8. The molecule has 2 aliphatic heterocycles. The highest BCUT2D eigenvalue weighted by molar-refractivity contribution is 6.02. The van der Waals surface area contributed by atoms with Gasteiger partial charge in [0, 0.05) is 43.2 Å². The SMILES string of the molecule is CCC(c1nn(Cc2ccc(OC)c(OC)c2)c2cc3c(c(-c4cccc(C(F)(F)F)c4)c12)OCO3)N1CCNCC1. The van der Waals surface area contributed by atoms with Gasteiger partial charge in [-0.05, 0) is 41.8 Å². The van der Waals surface area contributed by atoms with E-state index in [-0.39, 0.29) is 12.8 Å². The average Bonchev–Trinajstić information content (AvgIpc) is 3.61. The van der Waals surface area contributed by atoms with Crippen molar-refractivity contribution in [1.29, 1.82) is 0 Å². The smallest absolute Gasteiger partial charge is 0.416 e. The number of methoxy groups -OCH3 is 2. The first kappa shape index (κ1) is 28.2. The third-order valence-corrected chi connectivity index (χ3v) is 7.96. The summed E-state index contributed by atoms with van der Waals surface area (Å²) in [5, 5.41) is 9.34. The van der Waals surface area contributed by atoms with Gasteiger partial charge in [0.1, 0.15) is 0 Å². The summed E-state index contributed by atoms with van der Waals surface area (Å²) in [7, 11) is 3.17. The van der Waals surface area contributed by atoms with Crippen molar-refractivity contribution >= 4 is 10.9 Å². The van der Waals surface area contributed by atoms with E-state index in [0.717, 1.165) is 60.8 Å². The van der Waals surface area contributed by atoms with Crippen molar-refractivity contribution < 1.29 is 32.1 Å². The lowest BCUT2D eigenvalue weighted by Gasteiger charge is -2.33. The molecule has 8 nitrogen and oxygen atoms in total. The Hall–Kier alpha value is -3.96. The number of fused-ring (bicyclic) bond motifs is 2. The molecule has 0 radical (unpaired) electrons. The van der Waals surface area contributed by atoms with E-state index in [4.69, 9.17) is 24.0 Å². The van der Waals surface area contributed by atoms with Crippen LogP contribution in [0.2, 0.25) is 0 Å². The largest absolute Gasteiger partial charge is 0.493 e. The van der Waals surface area contributed by atoms with E-state index in [9.17, 15) is 13.2 Å². The average molecular weight is 583 g/mol. The van der Waals surface area contributed by atoms with Crippen molar-refractivity contribution in [1.82, 2.24) is 20.0 Å². The second kappa shape index (κ2) is 11.4. The topological polar surface area (TPSA) is 70.0 Å². The van der Waals surface area contributed by atoms with Crippen LogP contribution in [0.25, 0.3) is 22.0 Å². The summed E-state index contributed by atoms with van der Waals surface area (Å²) in [6.07, 6.45) is -3.71. The number of ether oxygens (including phenoxy) is 4. The number of nitrogens with one attached hydrogen (secondary N) is 1. The number of piperazine rings is 1. The van der Waals surface area contributed by atoms with Gasteiger partial charge in [0.2, 0.25) is 6.79 Å². The third kappa shape index (κ3) is 5.11. The van der Waals surface area contributed by atoms with Crippen molar-refractivity contribution in [3.8, 4) is 34.1 Å². The molecule has 1 fully saturated rings. The van der Waals surface area contributed by atoms with Crippen molar-refractivity contribution in [3.63, 3.8) is 0 Å². The Morgan fingerprint density at radius 3 is 2.50 bits per heavy atom. The van der Waals surface area contributed by atoms with Crippen LogP contribution < -0.4 is 24.3 Å². The maximum atomic E-state index is 13.8. The van der Waals surface area contributed by atoms with Crippen molar-refractivity contribution in [2.45, 2.75) is 32.1 Å². The first-order valence-electron chi connectivity index (χ1n) is 14.0. The molecule has 0 saturated carbocycles. The highest BCUT2D eigenvalue weighted by Crippen LogP contribution is 2.50. The van der Waals surface area contributed by atoms with Gasteiger partial charge in [-0.1, -0.05) is 25.1 Å². The molecule has 3 aromatic carbocycles. The van der Waals surface area contributed by atoms with Crippen LogP contribution in [0.3, 0.4) is 0 Å². The van der Waals surface area contributed by atoms with Crippen LogP contribution >= 0.6 is 0 Å². The summed E-state index contributed by atoms with van der Waals surface area (Å²) in [5.74, 6) is 2.13. The lowest BCUT2D eigenvalue weighted by atomic mass is 9.94. The van der Waals surface area contributed by atoms with Crippen molar-refractivity contribution in [3.05, 3.63) is 65.4 Å². The fraction of sp³-hybridized carbons (Fsp3) is 0.387. The first-order valence-corrected chi connectivity index (χ1v) is 14.0. The Morgan fingerprint density at radius 2 is 1.79 bits per heavy atom. The fourth-order valence-electron chi connectivity index (χ4n) is 5.98. The number of halogens is 3. The number of aromatic nitrogens is 2. The number of hydrogen-bond donors (Lipinski definition) is 1. The monoisotopic (exact) mass is 582 g/mol. The Balaban J connectivity index is 1.59. The fourth-order valence-corrected chi connectivity index (χ4v) is 5.98. The molecule has 0 amide bonds. The molecular weight excluding hydrogens is 549 g/mol. The molecule has 1 unspecified atom stereocenters. The lowest BCUT2D eigenvalue weighted by Crippen LogP contribution is -2.45. The van der Waals surface area contributed by atoms with E-state index in [1.165, 1.54) is 12.1 Å². The van der Waals surface area contributed by atoms with Gasteiger partial charge < -0.3 is 24.3 Å². The molecule has 0 aliphatic carbocycles. The summed E-state index contributed by atoms with van der Waals surface area (Å²) >= 11 is 0. The predicted molar refractivity (Wildman–Crippen MR) is 152 cm³/mol. The summed E-state index contributed by atoms with van der Waals surface area (Å²) < 4.78 is 66.1. The Labute approximate surface area is 241 Å². The molecule has 3 heterocycles. The quantitative estimate of drug-likeness (QED) is 0.279. The van der Waals surface area contributed by atoms with Gasteiger partial charge in [0.15, 0.2) is 23.0 Å². The standard InChI is InChI=1S/C31H33F3N4O4/c1-4-22(37-12-10-35-11-13-37)29-28-23(38(36-29)17-19-8-9-24(39-2)25(14-19)40-3)16-26-30(42-18-41-26)27(28)20-6-5-7-21(15-20)31(32,33)34/h5-9,14-16,22,35H,4,10-13,17-18H2,1-3H3. The molecule has 1 N–H and O–H groups in total. The Bertz CT molecular complexity index is 1600.